The summed E-state index contributed by atoms with van der Waals surface area (Å²) < 4.78 is 48.2. The molecule has 2 aromatic heterocycles. The minimum atomic E-state index is -3.87. The maximum Gasteiger partial charge on any atom is 0.248 e. The summed E-state index contributed by atoms with van der Waals surface area (Å²) in [5.74, 6) is -1.03. The Morgan fingerprint density at radius 3 is 2.72 bits per heavy atom. The average molecular weight is 463 g/mol. The van der Waals surface area contributed by atoms with E-state index in [1.165, 1.54) is 34.1 Å². The first kappa shape index (κ1) is 22.0. The van der Waals surface area contributed by atoms with Crippen LogP contribution in [0.1, 0.15) is 30.1 Å². The van der Waals surface area contributed by atoms with Gasteiger partial charge >= 0.3 is 0 Å². The fourth-order valence-corrected chi connectivity index (χ4v) is 5.61. The molecular weight excluding hydrogens is 441 g/mol. The maximum atomic E-state index is 14.4. The number of amides is 1. The molecule has 0 saturated carbocycles. The van der Waals surface area contributed by atoms with E-state index >= 15 is 0 Å². The molecule has 1 aliphatic rings. The molecule has 0 aliphatic carbocycles. The molecule has 4 rings (SSSR count). The quantitative estimate of drug-likeness (QED) is 0.604. The van der Waals surface area contributed by atoms with E-state index < -0.39 is 27.7 Å². The number of rotatable bonds is 5. The van der Waals surface area contributed by atoms with Crippen LogP contribution in [0.2, 0.25) is 0 Å². The van der Waals surface area contributed by atoms with E-state index in [1.54, 1.807) is 13.8 Å². The molecule has 1 amide bonds. The van der Waals surface area contributed by atoms with Gasteiger partial charge in [0.05, 0.1) is 17.3 Å². The van der Waals surface area contributed by atoms with Crippen molar-refractivity contribution in [2.24, 2.45) is 5.92 Å². The van der Waals surface area contributed by atoms with Gasteiger partial charge in [0.2, 0.25) is 15.9 Å². The number of tetrazole rings is 1. The number of carbonyl (C=O) groups is 1. The predicted molar refractivity (Wildman–Crippen MR) is 110 cm³/mol. The summed E-state index contributed by atoms with van der Waals surface area (Å²) in [6.45, 7) is 5.03. The summed E-state index contributed by atoms with van der Waals surface area (Å²) in [5, 5.41) is 17.5. The number of aromatic nitrogens is 5. The van der Waals surface area contributed by atoms with Crippen molar-refractivity contribution in [3.05, 3.63) is 41.3 Å². The van der Waals surface area contributed by atoms with Gasteiger partial charge in [0.15, 0.2) is 11.6 Å². The Balaban J connectivity index is 1.53. The Morgan fingerprint density at radius 2 is 2.06 bits per heavy atom. The van der Waals surface area contributed by atoms with Crippen LogP contribution in [0.5, 0.6) is 0 Å². The van der Waals surface area contributed by atoms with Gasteiger partial charge in [0.1, 0.15) is 16.4 Å². The molecule has 0 bridgehead atoms. The molecule has 1 unspecified atom stereocenters. The van der Waals surface area contributed by atoms with Crippen LogP contribution >= 0.6 is 0 Å². The zero-order valence-corrected chi connectivity index (χ0v) is 18.6. The van der Waals surface area contributed by atoms with Gasteiger partial charge in [-0.2, -0.15) is 8.99 Å². The number of carbonyl (C=O) groups excluding carboxylic acids is 1. The molecule has 1 N–H and O–H groups in total. The summed E-state index contributed by atoms with van der Waals surface area (Å²) in [7, 11) is -3.87. The highest BCUT2D eigenvalue weighted by Gasteiger charge is 2.36. The Labute approximate surface area is 183 Å². The van der Waals surface area contributed by atoms with Gasteiger partial charge in [0, 0.05) is 13.1 Å². The van der Waals surface area contributed by atoms with Gasteiger partial charge in [-0.1, -0.05) is 5.16 Å². The Kier molecular flexibility index (Phi) is 5.77. The minimum absolute atomic E-state index is 0.0222. The number of hydrogen-bond acceptors (Lipinski definition) is 8. The van der Waals surface area contributed by atoms with Crippen LogP contribution in [-0.4, -0.2) is 57.1 Å². The smallest absolute Gasteiger partial charge is 0.248 e. The molecular formula is C19H22FN7O4S. The number of hydrogen-bond donors (Lipinski definition) is 1. The lowest BCUT2D eigenvalue weighted by Crippen LogP contribution is -2.44. The second-order valence-corrected chi connectivity index (χ2v) is 9.52. The second-order valence-electron chi connectivity index (χ2n) is 7.65. The van der Waals surface area contributed by atoms with Gasteiger partial charge in [-0.15, -0.1) is 5.10 Å². The molecule has 32 heavy (non-hydrogen) atoms. The van der Waals surface area contributed by atoms with Gasteiger partial charge < -0.3 is 9.84 Å². The largest absolute Gasteiger partial charge is 0.360 e. The molecule has 170 valence electrons. The van der Waals surface area contributed by atoms with Crippen molar-refractivity contribution in [1.82, 2.24) is 29.7 Å². The lowest BCUT2D eigenvalue weighted by molar-refractivity contribution is -0.120. The van der Waals surface area contributed by atoms with Gasteiger partial charge in [-0.3, -0.25) is 4.79 Å². The third-order valence-corrected chi connectivity index (χ3v) is 7.51. The molecule has 1 fully saturated rings. The van der Waals surface area contributed by atoms with E-state index in [-0.39, 0.29) is 35.1 Å². The van der Waals surface area contributed by atoms with Crippen molar-refractivity contribution >= 4 is 21.6 Å². The molecule has 13 heteroatoms. The number of nitrogens with one attached hydrogen (secondary N) is 1. The predicted octanol–water partition coefficient (Wildman–Crippen LogP) is 1.75. The summed E-state index contributed by atoms with van der Waals surface area (Å²) >= 11 is 0. The SMILES string of the molecule is Cc1noc(C)c1S(=O)(=O)N1CCCC(C(=O)Nc2cc(-n3nnnc3C)ccc2F)C1. The number of nitrogens with zero attached hydrogens (tertiary/aromatic N) is 6. The molecule has 0 radical (unpaired) electrons. The van der Waals surface area contributed by atoms with E-state index in [0.29, 0.717) is 24.4 Å². The molecule has 3 aromatic rings. The fraction of sp³-hybridized carbons (Fsp3) is 0.421. The summed E-state index contributed by atoms with van der Waals surface area (Å²) in [4.78, 5) is 12.9. The van der Waals surface area contributed by atoms with Gasteiger partial charge in [-0.25, -0.2) is 12.8 Å². The zero-order chi connectivity index (χ0) is 23.0. The van der Waals surface area contributed by atoms with Crippen LogP contribution in [0.15, 0.2) is 27.6 Å². The first-order chi connectivity index (χ1) is 15.2. The number of anilines is 1. The molecule has 1 saturated heterocycles. The summed E-state index contributed by atoms with van der Waals surface area (Å²) in [6, 6.07) is 4.13. The van der Waals surface area contributed by atoms with Crippen molar-refractivity contribution < 1.29 is 22.1 Å². The van der Waals surface area contributed by atoms with Crippen LogP contribution in [0.4, 0.5) is 10.1 Å². The van der Waals surface area contributed by atoms with Crippen LogP contribution in [0.3, 0.4) is 0 Å². The standard InChI is InChI=1S/C19H22FN7O4S/c1-11-18(12(2)31-23-11)32(29,30)26-8-4-5-14(10-26)19(28)21-17-9-15(6-7-16(17)20)27-13(3)22-24-25-27/h6-7,9,14H,4-5,8,10H2,1-3H3,(H,21,28). The first-order valence-electron chi connectivity index (χ1n) is 9.97. The number of halogens is 1. The van der Waals surface area contributed by atoms with Crippen molar-refractivity contribution in [2.75, 3.05) is 18.4 Å². The first-order valence-corrected chi connectivity index (χ1v) is 11.4. The topological polar surface area (TPSA) is 136 Å². The minimum Gasteiger partial charge on any atom is -0.360 e. The summed E-state index contributed by atoms with van der Waals surface area (Å²) in [6.07, 6.45) is 0.972. The average Bonchev–Trinajstić information content (AvgIpc) is 3.34. The molecule has 3 heterocycles. The van der Waals surface area contributed by atoms with Crippen LogP contribution < -0.4 is 5.32 Å². The lowest BCUT2D eigenvalue weighted by atomic mass is 9.98. The molecule has 1 aromatic carbocycles. The molecule has 11 nitrogen and oxygen atoms in total. The van der Waals surface area contributed by atoms with Crippen molar-refractivity contribution in [3.8, 4) is 5.69 Å². The second kappa shape index (κ2) is 8.39. The number of aryl methyl sites for hydroxylation is 3. The van der Waals surface area contributed by atoms with Crippen LogP contribution in [0, 0.1) is 32.5 Å². The van der Waals surface area contributed by atoms with Crippen molar-refractivity contribution in [2.45, 2.75) is 38.5 Å². The normalized spacial score (nSPS) is 17.4. The maximum absolute atomic E-state index is 14.4. The third-order valence-electron chi connectivity index (χ3n) is 5.40. The van der Waals surface area contributed by atoms with Gasteiger partial charge in [-0.05, 0) is 62.2 Å². The van der Waals surface area contributed by atoms with E-state index in [9.17, 15) is 17.6 Å². The lowest BCUT2D eigenvalue weighted by Gasteiger charge is -2.31. The number of sulfonamides is 1. The van der Waals surface area contributed by atoms with Crippen molar-refractivity contribution in [1.29, 1.82) is 0 Å². The number of piperidine rings is 1. The molecule has 1 aliphatic heterocycles. The Morgan fingerprint density at radius 1 is 1.28 bits per heavy atom. The molecule has 1 atom stereocenters. The van der Waals surface area contributed by atoms with E-state index in [0.717, 1.165) is 0 Å². The molecule has 0 spiro atoms. The van der Waals surface area contributed by atoms with Crippen molar-refractivity contribution in [3.63, 3.8) is 0 Å². The van der Waals surface area contributed by atoms with E-state index in [1.807, 2.05) is 0 Å². The van der Waals surface area contributed by atoms with E-state index in [2.05, 4.69) is 26.0 Å². The Hall–Kier alpha value is -3.19. The zero-order valence-electron chi connectivity index (χ0n) is 17.7. The van der Waals surface area contributed by atoms with Crippen LogP contribution in [-0.2, 0) is 14.8 Å². The van der Waals surface area contributed by atoms with Gasteiger partial charge in [0.25, 0.3) is 0 Å². The monoisotopic (exact) mass is 463 g/mol. The highest BCUT2D eigenvalue weighted by Crippen LogP contribution is 2.29. The number of benzene rings is 1. The highest BCUT2D eigenvalue weighted by atomic mass is 32.2. The third kappa shape index (κ3) is 4.00. The van der Waals surface area contributed by atoms with Crippen LogP contribution in [0.25, 0.3) is 5.69 Å². The highest BCUT2D eigenvalue weighted by molar-refractivity contribution is 7.89. The fourth-order valence-electron chi connectivity index (χ4n) is 3.79. The van der Waals surface area contributed by atoms with E-state index in [4.69, 9.17) is 4.52 Å². The summed E-state index contributed by atoms with van der Waals surface area (Å²) in [5.41, 5.74) is 0.717. The Bertz CT molecular complexity index is 1250.